The molecule has 27 heavy (non-hydrogen) atoms. The Hall–Kier alpha value is -2.53. The SMILES string of the molecule is CC(C)NC(=O)C(COc1ccc(Cl)cc1)OC(=O)CCc1ccccc1. The number of hydrogen-bond donors (Lipinski definition) is 1. The molecule has 0 aromatic heterocycles. The number of halogens is 1. The maximum absolute atomic E-state index is 12.3. The molecule has 144 valence electrons. The van der Waals surface area contributed by atoms with Crippen molar-refractivity contribution in [3.63, 3.8) is 0 Å². The fraction of sp³-hybridized carbons (Fsp3) is 0.333. The molecule has 0 saturated heterocycles. The van der Waals surface area contributed by atoms with Crippen molar-refractivity contribution in [1.29, 1.82) is 0 Å². The van der Waals surface area contributed by atoms with Crippen LogP contribution < -0.4 is 10.1 Å². The van der Waals surface area contributed by atoms with Gasteiger partial charge in [0.15, 0.2) is 0 Å². The molecule has 0 spiro atoms. The molecule has 1 N–H and O–H groups in total. The van der Waals surface area contributed by atoms with Crippen molar-refractivity contribution >= 4 is 23.5 Å². The first-order valence-electron chi connectivity index (χ1n) is 8.86. The number of amides is 1. The minimum Gasteiger partial charge on any atom is -0.489 e. The second-order valence-corrected chi connectivity index (χ2v) is 6.83. The number of benzene rings is 2. The Morgan fingerprint density at radius 1 is 1.04 bits per heavy atom. The molecule has 0 fully saturated rings. The van der Waals surface area contributed by atoms with Gasteiger partial charge >= 0.3 is 5.97 Å². The van der Waals surface area contributed by atoms with Gasteiger partial charge in [0.25, 0.3) is 5.91 Å². The summed E-state index contributed by atoms with van der Waals surface area (Å²) in [6, 6.07) is 16.3. The van der Waals surface area contributed by atoms with E-state index in [1.807, 2.05) is 44.2 Å². The van der Waals surface area contributed by atoms with Gasteiger partial charge in [-0.1, -0.05) is 41.9 Å². The number of hydrogen-bond acceptors (Lipinski definition) is 4. The summed E-state index contributed by atoms with van der Waals surface area (Å²) < 4.78 is 11.0. The highest BCUT2D eigenvalue weighted by Gasteiger charge is 2.24. The lowest BCUT2D eigenvalue weighted by Crippen LogP contribution is -2.44. The van der Waals surface area contributed by atoms with Crippen LogP contribution in [0.4, 0.5) is 0 Å². The molecule has 0 saturated carbocycles. The molecule has 1 amide bonds. The molecule has 0 aliphatic carbocycles. The predicted octanol–water partition coefficient (Wildman–Crippen LogP) is 3.79. The number of rotatable bonds is 9. The molecule has 2 rings (SSSR count). The Balaban J connectivity index is 1.93. The molecule has 5 nitrogen and oxygen atoms in total. The minimum absolute atomic E-state index is 0.0708. The molecule has 1 atom stereocenters. The second kappa shape index (κ2) is 10.6. The van der Waals surface area contributed by atoms with E-state index in [4.69, 9.17) is 21.1 Å². The average molecular weight is 390 g/mol. The summed E-state index contributed by atoms with van der Waals surface area (Å²) in [6.07, 6.45) is -0.279. The van der Waals surface area contributed by atoms with Crippen molar-refractivity contribution in [1.82, 2.24) is 5.32 Å². The number of aryl methyl sites for hydroxylation is 1. The van der Waals surface area contributed by atoms with Crippen LogP contribution in [-0.4, -0.2) is 30.6 Å². The molecule has 0 aliphatic heterocycles. The van der Waals surface area contributed by atoms with E-state index < -0.39 is 12.1 Å². The Bertz CT molecular complexity index is 732. The Kier molecular flexibility index (Phi) is 8.14. The van der Waals surface area contributed by atoms with Crippen LogP contribution in [0.3, 0.4) is 0 Å². The maximum atomic E-state index is 12.3. The van der Waals surface area contributed by atoms with Gasteiger partial charge in [-0.05, 0) is 50.1 Å². The van der Waals surface area contributed by atoms with Crippen LogP contribution in [-0.2, 0) is 20.7 Å². The van der Waals surface area contributed by atoms with Crippen LogP contribution in [0.5, 0.6) is 5.75 Å². The second-order valence-electron chi connectivity index (χ2n) is 6.39. The third kappa shape index (κ3) is 7.71. The van der Waals surface area contributed by atoms with Gasteiger partial charge in [-0.15, -0.1) is 0 Å². The van der Waals surface area contributed by atoms with Gasteiger partial charge in [0, 0.05) is 17.5 Å². The maximum Gasteiger partial charge on any atom is 0.307 e. The summed E-state index contributed by atoms with van der Waals surface area (Å²) in [4.78, 5) is 24.5. The summed E-state index contributed by atoms with van der Waals surface area (Å²) in [5.74, 6) is -0.281. The summed E-state index contributed by atoms with van der Waals surface area (Å²) in [5.41, 5.74) is 1.04. The highest BCUT2D eigenvalue weighted by molar-refractivity contribution is 6.30. The Morgan fingerprint density at radius 3 is 2.33 bits per heavy atom. The first-order chi connectivity index (χ1) is 12.9. The van der Waals surface area contributed by atoms with Gasteiger partial charge in [0.1, 0.15) is 12.4 Å². The first-order valence-corrected chi connectivity index (χ1v) is 9.24. The zero-order chi connectivity index (χ0) is 19.6. The van der Waals surface area contributed by atoms with Crippen molar-refractivity contribution in [2.24, 2.45) is 0 Å². The quantitative estimate of drug-likeness (QED) is 0.663. The van der Waals surface area contributed by atoms with E-state index >= 15 is 0 Å². The first kappa shape index (κ1) is 20.8. The minimum atomic E-state index is -1.02. The lowest BCUT2D eigenvalue weighted by Gasteiger charge is -2.19. The molecule has 2 aromatic rings. The number of carbonyl (C=O) groups is 2. The van der Waals surface area contributed by atoms with Crippen LogP contribution in [0, 0.1) is 0 Å². The average Bonchev–Trinajstić information content (AvgIpc) is 2.65. The topological polar surface area (TPSA) is 64.6 Å². The molecule has 0 heterocycles. The fourth-order valence-corrected chi connectivity index (χ4v) is 2.48. The predicted molar refractivity (Wildman–Crippen MR) is 105 cm³/mol. The van der Waals surface area contributed by atoms with E-state index in [-0.39, 0.29) is 25.0 Å². The zero-order valence-corrected chi connectivity index (χ0v) is 16.2. The van der Waals surface area contributed by atoms with Crippen molar-refractivity contribution in [2.45, 2.75) is 38.8 Å². The van der Waals surface area contributed by atoms with Gasteiger partial charge < -0.3 is 14.8 Å². The number of nitrogens with one attached hydrogen (secondary N) is 1. The van der Waals surface area contributed by atoms with Crippen molar-refractivity contribution in [3.05, 3.63) is 65.2 Å². The molecule has 0 aliphatic rings. The van der Waals surface area contributed by atoms with E-state index in [1.165, 1.54) is 0 Å². The van der Waals surface area contributed by atoms with E-state index in [1.54, 1.807) is 24.3 Å². The number of esters is 1. The monoisotopic (exact) mass is 389 g/mol. The van der Waals surface area contributed by atoms with E-state index in [0.717, 1.165) is 5.56 Å². The van der Waals surface area contributed by atoms with E-state index in [0.29, 0.717) is 17.2 Å². The van der Waals surface area contributed by atoms with Gasteiger partial charge in [0.05, 0.1) is 0 Å². The Labute approximate surface area is 164 Å². The van der Waals surface area contributed by atoms with Crippen LogP contribution in [0.1, 0.15) is 25.8 Å². The smallest absolute Gasteiger partial charge is 0.307 e. The molecule has 6 heteroatoms. The lowest BCUT2D eigenvalue weighted by atomic mass is 10.1. The molecular weight excluding hydrogens is 366 g/mol. The summed E-state index contributed by atoms with van der Waals surface area (Å²) in [5, 5.41) is 3.34. The van der Waals surface area contributed by atoms with Crippen molar-refractivity contribution in [3.8, 4) is 5.75 Å². The van der Waals surface area contributed by atoms with E-state index in [9.17, 15) is 9.59 Å². The highest BCUT2D eigenvalue weighted by Crippen LogP contribution is 2.16. The van der Waals surface area contributed by atoms with Gasteiger partial charge in [-0.3, -0.25) is 9.59 Å². The molecule has 2 aromatic carbocycles. The molecule has 1 unspecified atom stereocenters. The van der Waals surface area contributed by atoms with Crippen LogP contribution in [0.25, 0.3) is 0 Å². The van der Waals surface area contributed by atoms with Crippen LogP contribution in [0.15, 0.2) is 54.6 Å². The standard InChI is InChI=1S/C21H24ClNO4/c1-15(2)23-21(25)19(14-26-18-11-9-17(22)10-12-18)27-20(24)13-8-16-6-4-3-5-7-16/h3-7,9-12,15,19H,8,13-14H2,1-2H3,(H,23,25). The van der Waals surface area contributed by atoms with Crippen molar-refractivity contribution < 1.29 is 19.1 Å². The largest absolute Gasteiger partial charge is 0.489 e. The normalized spacial score (nSPS) is 11.7. The summed E-state index contributed by atoms with van der Waals surface area (Å²) in [7, 11) is 0. The van der Waals surface area contributed by atoms with Gasteiger partial charge in [-0.25, -0.2) is 0 Å². The fourth-order valence-electron chi connectivity index (χ4n) is 2.35. The molecular formula is C21H24ClNO4. The third-order valence-electron chi connectivity index (χ3n) is 3.67. The lowest BCUT2D eigenvalue weighted by molar-refractivity contribution is -0.157. The zero-order valence-electron chi connectivity index (χ0n) is 15.5. The van der Waals surface area contributed by atoms with Gasteiger partial charge in [0.2, 0.25) is 6.10 Å². The van der Waals surface area contributed by atoms with Crippen LogP contribution >= 0.6 is 11.6 Å². The summed E-state index contributed by atoms with van der Waals surface area (Å²) >= 11 is 5.85. The number of ether oxygens (including phenoxy) is 2. The number of carbonyl (C=O) groups excluding carboxylic acids is 2. The third-order valence-corrected chi connectivity index (χ3v) is 3.92. The van der Waals surface area contributed by atoms with Crippen LogP contribution in [0.2, 0.25) is 5.02 Å². The molecule has 0 bridgehead atoms. The van der Waals surface area contributed by atoms with Gasteiger partial charge in [-0.2, -0.15) is 0 Å². The Morgan fingerprint density at radius 2 is 1.70 bits per heavy atom. The highest BCUT2D eigenvalue weighted by atomic mass is 35.5. The summed E-state index contributed by atoms with van der Waals surface area (Å²) in [6.45, 7) is 3.61. The molecule has 0 radical (unpaired) electrons. The van der Waals surface area contributed by atoms with Crippen molar-refractivity contribution in [2.75, 3.05) is 6.61 Å². The van der Waals surface area contributed by atoms with E-state index in [2.05, 4.69) is 5.32 Å².